The number of nitrogens with one attached hydrogen (secondary N) is 1. The number of hydrogen-bond donors (Lipinski definition) is 1. The Morgan fingerprint density at radius 3 is 2.55 bits per heavy atom. The summed E-state index contributed by atoms with van der Waals surface area (Å²) in [5.41, 5.74) is 1.24. The molecule has 2 amide bonds. The van der Waals surface area contributed by atoms with Crippen LogP contribution >= 0.6 is 0 Å². The molecule has 1 aliphatic heterocycles. The van der Waals surface area contributed by atoms with Crippen LogP contribution in [0.15, 0.2) is 42.5 Å². The van der Waals surface area contributed by atoms with Crippen LogP contribution in [-0.4, -0.2) is 29.9 Å². The van der Waals surface area contributed by atoms with E-state index in [0.29, 0.717) is 29.2 Å². The first-order valence-corrected chi connectivity index (χ1v) is 9.33. The van der Waals surface area contributed by atoms with Crippen molar-refractivity contribution in [3.05, 3.63) is 58.1 Å². The molecule has 0 aliphatic carbocycles. The second kappa shape index (κ2) is 7.90. The summed E-state index contributed by atoms with van der Waals surface area (Å²) in [5, 5.41) is 13.5. The van der Waals surface area contributed by atoms with E-state index < -0.39 is 10.3 Å². The fourth-order valence-electron chi connectivity index (χ4n) is 3.17. The highest BCUT2D eigenvalue weighted by Crippen LogP contribution is 2.38. The van der Waals surface area contributed by atoms with Crippen molar-refractivity contribution in [2.75, 3.05) is 23.4 Å². The molecule has 2 aromatic carbocycles. The fraction of sp³-hybridized carbons (Fsp3) is 0.333. The summed E-state index contributed by atoms with van der Waals surface area (Å²) in [5.74, 6) is 0.281. The number of fused-ring (bicyclic) bond motifs is 1. The molecule has 0 radical (unpaired) electrons. The zero-order valence-electron chi connectivity index (χ0n) is 16.6. The number of benzene rings is 2. The number of amides is 2. The van der Waals surface area contributed by atoms with Crippen molar-refractivity contribution in [2.45, 2.75) is 27.2 Å². The molecule has 3 rings (SSSR count). The first-order valence-electron chi connectivity index (χ1n) is 9.33. The Morgan fingerprint density at radius 1 is 1.24 bits per heavy atom. The highest BCUT2D eigenvalue weighted by Gasteiger charge is 2.37. The number of carbonyl (C=O) groups is 2. The monoisotopic (exact) mass is 397 g/mol. The van der Waals surface area contributed by atoms with Gasteiger partial charge in [0.2, 0.25) is 11.8 Å². The number of carbonyl (C=O) groups excluding carboxylic acids is 2. The number of nitro groups is 1. The zero-order valence-corrected chi connectivity index (χ0v) is 16.6. The third-order valence-corrected chi connectivity index (χ3v) is 4.78. The average Bonchev–Trinajstić information content (AvgIpc) is 2.77. The normalized spacial score (nSPS) is 15.1. The molecule has 0 saturated carbocycles. The highest BCUT2D eigenvalue weighted by atomic mass is 16.6. The van der Waals surface area contributed by atoms with Crippen LogP contribution in [0.1, 0.15) is 26.3 Å². The lowest BCUT2D eigenvalue weighted by atomic mass is 9.93. The summed E-state index contributed by atoms with van der Waals surface area (Å²) in [6, 6.07) is 11.1. The van der Waals surface area contributed by atoms with E-state index in [1.54, 1.807) is 35.2 Å². The molecule has 0 atom stereocenters. The molecule has 0 unspecified atom stereocenters. The molecule has 29 heavy (non-hydrogen) atoms. The molecule has 2 aromatic rings. The van der Waals surface area contributed by atoms with Crippen LogP contribution in [0.5, 0.6) is 5.75 Å². The van der Waals surface area contributed by atoms with Gasteiger partial charge in [-0.05, 0) is 38.5 Å². The minimum absolute atomic E-state index is 0.00583. The van der Waals surface area contributed by atoms with E-state index in [4.69, 9.17) is 4.74 Å². The van der Waals surface area contributed by atoms with Gasteiger partial charge in [-0.25, -0.2) is 0 Å². The van der Waals surface area contributed by atoms with Crippen molar-refractivity contribution in [1.82, 2.24) is 0 Å². The molecule has 0 aromatic heterocycles. The van der Waals surface area contributed by atoms with Crippen molar-refractivity contribution in [2.24, 2.45) is 5.41 Å². The number of nitro benzene ring substituents is 1. The third kappa shape index (κ3) is 4.37. The Morgan fingerprint density at radius 2 is 1.93 bits per heavy atom. The van der Waals surface area contributed by atoms with Gasteiger partial charge in [0.25, 0.3) is 5.69 Å². The van der Waals surface area contributed by atoms with Gasteiger partial charge in [-0.3, -0.25) is 19.7 Å². The van der Waals surface area contributed by atoms with Crippen LogP contribution in [-0.2, 0) is 16.0 Å². The molecule has 152 valence electrons. The molecule has 0 fully saturated rings. The lowest BCUT2D eigenvalue weighted by Crippen LogP contribution is -2.42. The Balaban J connectivity index is 1.74. The number of non-ortho nitro benzene ring substituents is 1. The van der Waals surface area contributed by atoms with E-state index in [-0.39, 0.29) is 30.5 Å². The van der Waals surface area contributed by atoms with Crippen LogP contribution < -0.4 is 15.0 Å². The molecule has 0 spiro atoms. The molecule has 8 nitrogen and oxygen atoms in total. The van der Waals surface area contributed by atoms with Crippen LogP contribution in [0.3, 0.4) is 0 Å². The van der Waals surface area contributed by atoms with E-state index in [9.17, 15) is 19.7 Å². The van der Waals surface area contributed by atoms with Gasteiger partial charge >= 0.3 is 0 Å². The smallest absolute Gasteiger partial charge is 0.269 e. The quantitative estimate of drug-likeness (QED) is 0.614. The van der Waals surface area contributed by atoms with Crippen molar-refractivity contribution in [3.8, 4) is 5.75 Å². The van der Waals surface area contributed by atoms with Crippen molar-refractivity contribution in [1.29, 1.82) is 0 Å². The Labute approximate surface area is 168 Å². The van der Waals surface area contributed by atoms with Gasteiger partial charge in [0.15, 0.2) is 0 Å². The molecular formula is C21H23N3O5. The molecule has 8 heteroatoms. The maximum absolute atomic E-state index is 12.7. The highest BCUT2D eigenvalue weighted by molar-refractivity contribution is 6.00. The van der Waals surface area contributed by atoms with E-state index in [1.165, 1.54) is 12.1 Å². The summed E-state index contributed by atoms with van der Waals surface area (Å²) < 4.78 is 5.86. The third-order valence-electron chi connectivity index (χ3n) is 4.78. The number of nitrogens with zero attached hydrogens (tertiary/aromatic N) is 2. The van der Waals surface area contributed by atoms with Crippen LogP contribution in [0.25, 0.3) is 0 Å². The fourth-order valence-corrected chi connectivity index (χ4v) is 3.17. The lowest BCUT2D eigenvalue weighted by molar-refractivity contribution is -0.384. The summed E-state index contributed by atoms with van der Waals surface area (Å²) in [6.45, 7) is 6.36. The Bertz CT molecular complexity index is 953. The first kappa shape index (κ1) is 20.3. The van der Waals surface area contributed by atoms with Crippen molar-refractivity contribution >= 4 is 28.9 Å². The van der Waals surface area contributed by atoms with E-state index in [2.05, 4.69) is 5.32 Å². The summed E-state index contributed by atoms with van der Waals surface area (Å²) >= 11 is 0. The molecule has 1 heterocycles. The number of anilines is 2. The number of hydrogen-bond acceptors (Lipinski definition) is 5. The minimum Gasteiger partial charge on any atom is -0.490 e. The van der Waals surface area contributed by atoms with Gasteiger partial charge in [-0.2, -0.15) is 0 Å². The van der Waals surface area contributed by atoms with Crippen LogP contribution in [0, 0.1) is 15.5 Å². The van der Waals surface area contributed by atoms with Crippen LogP contribution in [0.2, 0.25) is 0 Å². The summed E-state index contributed by atoms with van der Waals surface area (Å²) in [6.07, 6.45) is 0.0859. The van der Waals surface area contributed by atoms with E-state index in [0.717, 1.165) is 0 Å². The molecule has 1 aliphatic rings. The van der Waals surface area contributed by atoms with Gasteiger partial charge in [0.1, 0.15) is 12.4 Å². The standard InChI is InChI=1S/C21H23N3O5/c1-4-23-17-10-7-15(12-18(17)29-13-21(2,3)20(23)26)22-19(25)11-14-5-8-16(9-6-14)24(27)28/h5-10,12H,4,11,13H2,1-3H3,(H,22,25). The second-order valence-electron chi connectivity index (χ2n) is 7.55. The van der Waals surface area contributed by atoms with E-state index >= 15 is 0 Å². The predicted octanol–water partition coefficient (Wildman–Crippen LogP) is 3.55. The van der Waals surface area contributed by atoms with E-state index in [1.807, 2.05) is 20.8 Å². The Hall–Kier alpha value is -3.42. The minimum atomic E-state index is -0.644. The van der Waals surface area contributed by atoms with Gasteiger partial charge < -0.3 is 15.0 Å². The molecule has 0 bridgehead atoms. The topological polar surface area (TPSA) is 102 Å². The SMILES string of the molecule is CCN1C(=O)C(C)(C)COc2cc(NC(=O)Cc3ccc([N+](=O)[O-])cc3)ccc21. The molecule has 0 saturated heterocycles. The summed E-state index contributed by atoms with van der Waals surface area (Å²) in [7, 11) is 0. The second-order valence-corrected chi connectivity index (χ2v) is 7.55. The maximum Gasteiger partial charge on any atom is 0.269 e. The average molecular weight is 397 g/mol. The Kier molecular flexibility index (Phi) is 5.54. The molecular weight excluding hydrogens is 374 g/mol. The van der Waals surface area contributed by atoms with Gasteiger partial charge in [-0.15, -0.1) is 0 Å². The lowest BCUT2D eigenvalue weighted by Gasteiger charge is -2.26. The van der Waals surface area contributed by atoms with Crippen molar-refractivity contribution < 1.29 is 19.2 Å². The predicted molar refractivity (Wildman–Crippen MR) is 109 cm³/mol. The van der Waals surface area contributed by atoms with Gasteiger partial charge in [0, 0.05) is 30.4 Å². The largest absolute Gasteiger partial charge is 0.490 e. The zero-order chi connectivity index (χ0) is 21.2. The van der Waals surface area contributed by atoms with Crippen molar-refractivity contribution in [3.63, 3.8) is 0 Å². The first-order chi connectivity index (χ1) is 13.7. The number of rotatable bonds is 5. The maximum atomic E-state index is 12.7. The summed E-state index contributed by atoms with van der Waals surface area (Å²) in [4.78, 5) is 37.0. The molecule has 1 N–H and O–H groups in total. The number of ether oxygens (including phenoxy) is 1. The van der Waals surface area contributed by atoms with Gasteiger partial charge in [0.05, 0.1) is 22.4 Å². The van der Waals surface area contributed by atoms with Gasteiger partial charge in [-0.1, -0.05) is 12.1 Å². The van der Waals surface area contributed by atoms with Crippen LogP contribution in [0.4, 0.5) is 17.1 Å².